The van der Waals surface area contributed by atoms with E-state index in [1.165, 1.54) is 6.07 Å². The van der Waals surface area contributed by atoms with Gasteiger partial charge < -0.3 is 10.1 Å². The molecule has 1 aromatic heterocycles. The minimum absolute atomic E-state index is 0.0370. The lowest BCUT2D eigenvalue weighted by molar-refractivity contribution is -0.122. The van der Waals surface area contributed by atoms with Crippen LogP contribution in [-0.4, -0.2) is 16.6 Å². The van der Waals surface area contributed by atoms with Crippen molar-refractivity contribution in [2.45, 2.75) is 6.92 Å². The highest BCUT2D eigenvalue weighted by Crippen LogP contribution is 1.81. The summed E-state index contributed by atoms with van der Waals surface area (Å²) in [4.78, 5) is 21.4. The van der Waals surface area contributed by atoms with Crippen LogP contribution in [0.2, 0.25) is 0 Å². The van der Waals surface area contributed by atoms with Gasteiger partial charge in [0.1, 0.15) is 0 Å². The largest absolute Gasteiger partial charge is 0.483 e. The van der Waals surface area contributed by atoms with Gasteiger partial charge in [-0.3, -0.25) is 9.59 Å². The van der Waals surface area contributed by atoms with E-state index in [9.17, 15) is 4.79 Å². The van der Waals surface area contributed by atoms with Crippen molar-refractivity contribution in [2.24, 2.45) is 0 Å². The fourth-order valence-electron chi connectivity index (χ4n) is 0.558. The normalized spacial score (nSPS) is 7.73. The highest BCUT2D eigenvalue weighted by Gasteiger charge is 1.79. The molecule has 0 aromatic carbocycles. The van der Waals surface area contributed by atoms with Crippen LogP contribution in [0.1, 0.15) is 5.69 Å². The fourth-order valence-corrected chi connectivity index (χ4v) is 0.558. The molecule has 0 atom stereocenters. The number of carboxylic acid groups (broad SMARTS) is 1. The average Bonchev–Trinajstić information content (AvgIpc) is 1.88. The van der Waals surface area contributed by atoms with Crippen molar-refractivity contribution in [3.05, 3.63) is 34.2 Å². The molecular weight excluding hydrogens is 146 g/mol. The van der Waals surface area contributed by atoms with Gasteiger partial charge in [0, 0.05) is 11.8 Å². The molecule has 1 heterocycles. The van der Waals surface area contributed by atoms with Crippen molar-refractivity contribution >= 4 is 6.47 Å². The van der Waals surface area contributed by atoms with Crippen molar-refractivity contribution in [1.82, 2.24) is 4.98 Å². The molecule has 0 radical (unpaired) electrons. The van der Waals surface area contributed by atoms with Crippen LogP contribution in [0.15, 0.2) is 23.0 Å². The van der Waals surface area contributed by atoms with Crippen LogP contribution in [0.3, 0.4) is 0 Å². The van der Waals surface area contributed by atoms with Gasteiger partial charge in [0.05, 0.1) is 0 Å². The number of hydrogen-bond acceptors (Lipinski definition) is 2. The Kier molecular flexibility index (Phi) is 4.47. The summed E-state index contributed by atoms with van der Waals surface area (Å²) in [7, 11) is 0. The van der Waals surface area contributed by atoms with Gasteiger partial charge in [0.25, 0.3) is 6.47 Å². The second-order valence-corrected chi connectivity index (χ2v) is 1.80. The molecule has 0 aliphatic carbocycles. The Morgan fingerprint density at radius 2 is 2.09 bits per heavy atom. The summed E-state index contributed by atoms with van der Waals surface area (Å²) in [5, 5.41) is 6.89. The van der Waals surface area contributed by atoms with Crippen LogP contribution >= 0.6 is 0 Å². The summed E-state index contributed by atoms with van der Waals surface area (Å²) in [6.45, 7) is 1.60. The Labute approximate surface area is 63.5 Å². The van der Waals surface area contributed by atoms with Gasteiger partial charge in [-0.05, 0) is 13.0 Å². The molecule has 4 heteroatoms. The topological polar surface area (TPSA) is 70.2 Å². The Hall–Kier alpha value is -1.58. The van der Waals surface area contributed by atoms with Crippen molar-refractivity contribution in [2.75, 3.05) is 0 Å². The molecule has 0 amide bonds. The van der Waals surface area contributed by atoms with Crippen LogP contribution in [0.25, 0.3) is 0 Å². The monoisotopic (exact) mass is 155 g/mol. The highest BCUT2D eigenvalue weighted by molar-refractivity contribution is 5.32. The first kappa shape index (κ1) is 9.42. The number of aryl methyl sites for hydroxylation is 1. The van der Waals surface area contributed by atoms with Crippen LogP contribution < -0.4 is 5.56 Å². The predicted molar refractivity (Wildman–Crippen MR) is 40.5 cm³/mol. The summed E-state index contributed by atoms with van der Waals surface area (Å²) < 4.78 is 0. The van der Waals surface area contributed by atoms with E-state index in [-0.39, 0.29) is 12.0 Å². The Balaban J connectivity index is 0.000000292. The molecule has 2 N–H and O–H groups in total. The van der Waals surface area contributed by atoms with Gasteiger partial charge in [-0.1, -0.05) is 6.07 Å². The second-order valence-electron chi connectivity index (χ2n) is 1.80. The average molecular weight is 155 g/mol. The quantitative estimate of drug-likeness (QED) is 0.532. The SMILES string of the molecule is Cc1cccc(=O)[nH]1.O=CO. The fraction of sp³-hybridized carbons (Fsp3) is 0.143. The number of nitrogens with one attached hydrogen (secondary N) is 1. The highest BCUT2D eigenvalue weighted by atomic mass is 16.3. The summed E-state index contributed by atoms with van der Waals surface area (Å²) >= 11 is 0. The molecule has 0 unspecified atom stereocenters. The number of aromatic nitrogens is 1. The van der Waals surface area contributed by atoms with Crippen molar-refractivity contribution in [3.63, 3.8) is 0 Å². The number of pyridine rings is 1. The first-order valence-electron chi connectivity index (χ1n) is 2.94. The Morgan fingerprint density at radius 1 is 1.55 bits per heavy atom. The third-order valence-corrected chi connectivity index (χ3v) is 0.914. The molecule has 0 saturated heterocycles. The summed E-state index contributed by atoms with van der Waals surface area (Å²) in [6, 6.07) is 5.07. The van der Waals surface area contributed by atoms with Gasteiger partial charge in [-0.2, -0.15) is 0 Å². The maximum Gasteiger partial charge on any atom is 0.290 e. The third kappa shape index (κ3) is 4.90. The van der Waals surface area contributed by atoms with Gasteiger partial charge >= 0.3 is 0 Å². The molecule has 11 heavy (non-hydrogen) atoms. The van der Waals surface area contributed by atoms with E-state index in [1.54, 1.807) is 6.07 Å². The zero-order valence-electron chi connectivity index (χ0n) is 6.07. The number of aromatic amines is 1. The number of carbonyl (C=O) groups is 1. The maximum atomic E-state index is 10.4. The minimum Gasteiger partial charge on any atom is -0.483 e. The Bertz CT molecular complexity index is 266. The van der Waals surface area contributed by atoms with Gasteiger partial charge in [-0.25, -0.2) is 0 Å². The summed E-state index contributed by atoms with van der Waals surface area (Å²) in [5.74, 6) is 0. The molecule has 0 aliphatic heterocycles. The van der Waals surface area contributed by atoms with Crippen LogP contribution in [0.5, 0.6) is 0 Å². The van der Waals surface area contributed by atoms with Crippen molar-refractivity contribution in [3.8, 4) is 0 Å². The first-order valence-corrected chi connectivity index (χ1v) is 2.94. The number of H-pyrrole nitrogens is 1. The first-order chi connectivity index (χ1) is 5.20. The molecule has 4 nitrogen and oxygen atoms in total. The number of rotatable bonds is 0. The smallest absolute Gasteiger partial charge is 0.290 e. The lowest BCUT2D eigenvalue weighted by atomic mass is 10.4. The van der Waals surface area contributed by atoms with E-state index in [2.05, 4.69) is 4.98 Å². The van der Waals surface area contributed by atoms with E-state index in [0.29, 0.717) is 0 Å². The predicted octanol–water partition coefficient (Wildman–Crippen LogP) is 0.384. The van der Waals surface area contributed by atoms with Gasteiger partial charge in [-0.15, -0.1) is 0 Å². The van der Waals surface area contributed by atoms with Crippen LogP contribution in [-0.2, 0) is 4.79 Å². The zero-order chi connectivity index (χ0) is 8.69. The molecular formula is C7H9NO3. The molecule has 0 aliphatic rings. The zero-order valence-corrected chi connectivity index (χ0v) is 6.07. The van der Waals surface area contributed by atoms with Gasteiger partial charge in [0.2, 0.25) is 5.56 Å². The van der Waals surface area contributed by atoms with Crippen LogP contribution in [0.4, 0.5) is 0 Å². The molecule has 1 aromatic rings. The number of hydrogen-bond donors (Lipinski definition) is 2. The van der Waals surface area contributed by atoms with E-state index >= 15 is 0 Å². The van der Waals surface area contributed by atoms with E-state index in [4.69, 9.17) is 9.90 Å². The molecule has 0 spiro atoms. The van der Waals surface area contributed by atoms with E-state index in [0.717, 1.165) is 5.69 Å². The maximum absolute atomic E-state index is 10.4. The summed E-state index contributed by atoms with van der Waals surface area (Å²) in [5.41, 5.74) is 0.863. The molecule has 0 fully saturated rings. The molecule has 0 saturated carbocycles. The van der Waals surface area contributed by atoms with Crippen LogP contribution in [0, 0.1) is 6.92 Å². The second kappa shape index (κ2) is 5.22. The van der Waals surface area contributed by atoms with Crippen molar-refractivity contribution < 1.29 is 9.90 Å². The van der Waals surface area contributed by atoms with Gasteiger partial charge in [0.15, 0.2) is 0 Å². The lowest BCUT2D eigenvalue weighted by Crippen LogP contribution is -2.02. The van der Waals surface area contributed by atoms with E-state index < -0.39 is 0 Å². The van der Waals surface area contributed by atoms with Crippen molar-refractivity contribution in [1.29, 1.82) is 0 Å². The molecule has 60 valence electrons. The molecule has 1 rings (SSSR count). The Morgan fingerprint density at radius 3 is 2.36 bits per heavy atom. The third-order valence-electron chi connectivity index (χ3n) is 0.914. The molecule has 0 bridgehead atoms. The summed E-state index contributed by atoms with van der Waals surface area (Å²) in [6.07, 6.45) is 0. The lowest BCUT2D eigenvalue weighted by Gasteiger charge is -1.84. The minimum atomic E-state index is -0.250. The standard InChI is InChI=1S/C6H7NO.CH2O2/c1-5-3-2-4-6(8)7-5;2-1-3/h2-4H,1H3,(H,7,8);1H,(H,2,3). The van der Waals surface area contributed by atoms with E-state index in [1.807, 2.05) is 13.0 Å².